The Hall–Kier alpha value is -2.16. The number of fused-ring (bicyclic) bond motifs is 5. The molecule has 2 fully saturated rings. The summed E-state index contributed by atoms with van der Waals surface area (Å²) >= 11 is 0. The third-order valence-electron chi connectivity index (χ3n) is 8.60. The normalized spacial score (nSPS) is 36.3. The van der Waals surface area contributed by atoms with E-state index in [1.54, 1.807) is 5.57 Å². The van der Waals surface area contributed by atoms with Crippen LogP contribution in [0.2, 0.25) is 0 Å². The third-order valence-corrected chi connectivity index (χ3v) is 8.60. The molecule has 2 heterocycles. The average Bonchev–Trinajstić information content (AvgIpc) is 3.00. The summed E-state index contributed by atoms with van der Waals surface area (Å²) < 4.78 is 0. The quantitative estimate of drug-likeness (QED) is 0.651. The largest absolute Gasteiger partial charge is 0.342 e. The highest BCUT2D eigenvalue weighted by Gasteiger charge is 2.54. The van der Waals surface area contributed by atoms with Gasteiger partial charge in [0.15, 0.2) is 0 Å². The first-order valence-electron chi connectivity index (χ1n) is 11.1. The number of nitrogens with zero attached hydrogens (tertiary/aromatic N) is 2. The van der Waals surface area contributed by atoms with Gasteiger partial charge >= 0.3 is 0 Å². The van der Waals surface area contributed by atoms with E-state index in [0.717, 1.165) is 19.4 Å². The van der Waals surface area contributed by atoms with Crippen LogP contribution < -0.4 is 0 Å². The van der Waals surface area contributed by atoms with Crippen LogP contribution in [-0.4, -0.2) is 29.4 Å². The van der Waals surface area contributed by atoms with Crippen molar-refractivity contribution in [2.45, 2.75) is 52.9 Å². The van der Waals surface area contributed by atoms with Crippen LogP contribution in [0, 0.1) is 29.6 Å². The van der Waals surface area contributed by atoms with Gasteiger partial charge in [-0.1, -0.05) is 37.1 Å². The molecular formula is C26H32N2O. The highest BCUT2D eigenvalue weighted by atomic mass is 16.2. The molecule has 0 spiro atoms. The average molecular weight is 389 g/mol. The SMILES string of the molecule is Cc1cncc(C2=CC=C3[C@@H]4CCC5=CC(=O)N(C)CC[C@]5(C)[C@H]4CC[C@]23C)c1. The molecule has 4 aliphatic rings. The van der Waals surface area contributed by atoms with Crippen molar-refractivity contribution in [2.24, 2.45) is 22.7 Å². The molecule has 0 bridgehead atoms. The van der Waals surface area contributed by atoms with Crippen molar-refractivity contribution in [3.63, 3.8) is 0 Å². The van der Waals surface area contributed by atoms with Crippen LogP contribution in [0.4, 0.5) is 0 Å². The maximum Gasteiger partial charge on any atom is 0.246 e. The second-order valence-corrected chi connectivity index (χ2v) is 10.2. The summed E-state index contributed by atoms with van der Waals surface area (Å²) in [4.78, 5) is 18.8. The Morgan fingerprint density at radius 1 is 1.14 bits per heavy atom. The maximum absolute atomic E-state index is 12.5. The van der Waals surface area contributed by atoms with E-state index in [-0.39, 0.29) is 16.7 Å². The number of carbonyl (C=O) groups excluding carboxylic acids is 1. The molecule has 3 nitrogen and oxygen atoms in total. The van der Waals surface area contributed by atoms with Gasteiger partial charge in [0.05, 0.1) is 0 Å². The second kappa shape index (κ2) is 6.42. The lowest BCUT2D eigenvalue weighted by atomic mass is 9.49. The van der Waals surface area contributed by atoms with Gasteiger partial charge < -0.3 is 4.90 Å². The molecule has 1 aromatic rings. The molecule has 29 heavy (non-hydrogen) atoms. The molecule has 1 aliphatic heterocycles. The molecule has 1 amide bonds. The van der Waals surface area contributed by atoms with Crippen LogP contribution in [0.1, 0.15) is 57.1 Å². The molecule has 0 N–H and O–H groups in total. The van der Waals surface area contributed by atoms with E-state index in [2.05, 4.69) is 44.0 Å². The smallest absolute Gasteiger partial charge is 0.246 e. The minimum absolute atomic E-state index is 0.131. The minimum atomic E-state index is 0.131. The van der Waals surface area contributed by atoms with E-state index in [1.165, 1.54) is 41.5 Å². The first-order valence-corrected chi connectivity index (χ1v) is 11.1. The molecule has 5 rings (SSSR count). The van der Waals surface area contributed by atoms with Crippen LogP contribution in [0.3, 0.4) is 0 Å². The molecule has 1 aromatic heterocycles. The van der Waals surface area contributed by atoms with Gasteiger partial charge in [0.25, 0.3) is 0 Å². The number of carbonyl (C=O) groups is 1. The van der Waals surface area contributed by atoms with E-state index in [0.29, 0.717) is 11.8 Å². The van der Waals surface area contributed by atoms with Crippen LogP contribution in [0.5, 0.6) is 0 Å². The van der Waals surface area contributed by atoms with Gasteiger partial charge in [-0.15, -0.1) is 0 Å². The van der Waals surface area contributed by atoms with E-state index >= 15 is 0 Å². The van der Waals surface area contributed by atoms with E-state index in [1.807, 2.05) is 30.4 Å². The number of aromatic nitrogens is 1. The lowest BCUT2D eigenvalue weighted by Crippen LogP contribution is -2.46. The predicted molar refractivity (Wildman–Crippen MR) is 117 cm³/mol. The van der Waals surface area contributed by atoms with Gasteiger partial charge in [0.1, 0.15) is 0 Å². The van der Waals surface area contributed by atoms with Crippen molar-refractivity contribution >= 4 is 11.5 Å². The first-order chi connectivity index (χ1) is 13.8. The molecule has 4 atom stereocenters. The summed E-state index contributed by atoms with van der Waals surface area (Å²) in [6, 6.07) is 2.28. The zero-order valence-electron chi connectivity index (χ0n) is 18.2. The maximum atomic E-state index is 12.5. The number of hydrogen-bond donors (Lipinski definition) is 0. The molecule has 2 saturated carbocycles. The Morgan fingerprint density at radius 3 is 2.76 bits per heavy atom. The Bertz CT molecular complexity index is 971. The number of likely N-dealkylation sites (N-methyl/N-ethyl adjacent to an activating group) is 1. The molecule has 152 valence electrons. The van der Waals surface area contributed by atoms with Crippen LogP contribution in [-0.2, 0) is 4.79 Å². The Kier molecular flexibility index (Phi) is 4.17. The van der Waals surface area contributed by atoms with Gasteiger partial charge in [-0.2, -0.15) is 0 Å². The van der Waals surface area contributed by atoms with Gasteiger partial charge in [-0.3, -0.25) is 9.78 Å². The molecule has 0 unspecified atom stereocenters. The fourth-order valence-electron chi connectivity index (χ4n) is 6.79. The van der Waals surface area contributed by atoms with Gasteiger partial charge in [0, 0.05) is 37.5 Å². The number of rotatable bonds is 1. The molecule has 3 heteroatoms. The van der Waals surface area contributed by atoms with Crippen molar-refractivity contribution in [1.82, 2.24) is 9.88 Å². The third kappa shape index (κ3) is 2.69. The lowest BCUT2D eigenvalue weighted by molar-refractivity contribution is -0.124. The highest BCUT2D eigenvalue weighted by molar-refractivity contribution is 5.88. The summed E-state index contributed by atoms with van der Waals surface area (Å²) in [5.41, 5.74) is 7.28. The molecular weight excluding hydrogens is 356 g/mol. The molecule has 0 radical (unpaired) electrons. The van der Waals surface area contributed by atoms with Crippen LogP contribution in [0.15, 0.2) is 47.8 Å². The predicted octanol–water partition coefficient (Wildman–Crippen LogP) is 5.33. The van der Waals surface area contributed by atoms with Crippen LogP contribution in [0.25, 0.3) is 5.57 Å². The Morgan fingerprint density at radius 2 is 1.97 bits per heavy atom. The zero-order chi connectivity index (χ0) is 20.4. The molecule has 0 saturated heterocycles. The number of pyridine rings is 1. The molecule has 3 aliphatic carbocycles. The van der Waals surface area contributed by atoms with Crippen molar-refractivity contribution in [3.05, 3.63) is 59.0 Å². The standard InChI is InChI=1S/C26H32N2O/c1-17-13-18(16-27-15-17)21-7-8-22-20-6-5-19-14-24(29)28(4)12-11-25(19,2)23(20)9-10-26(21,22)3/h7-8,13-16,20,23H,5-6,9-12H2,1-4H3/t20-,23-,25-,26+/m0/s1. The van der Waals surface area contributed by atoms with Crippen LogP contribution >= 0.6 is 0 Å². The van der Waals surface area contributed by atoms with Crippen molar-refractivity contribution in [2.75, 3.05) is 13.6 Å². The second-order valence-electron chi connectivity index (χ2n) is 10.2. The fraction of sp³-hybridized carbons (Fsp3) is 0.538. The minimum Gasteiger partial charge on any atom is -0.342 e. The van der Waals surface area contributed by atoms with Gasteiger partial charge in [-0.05, 0) is 79.0 Å². The van der Waals surface area contributed by atoms with Crippen molar-refractivity contribution in [1.29, 1.82) is 0 Å². The zero-order valence-corrected chi connectivity index (χ0v) is 18.2. The number of amides is 1. The summed E-state index contributed by atoms with van der Waals surface area (Å²) in [6.07, 6.45) is 16.5. The Labute approximate surface area is 174 Å². The summed E-state index contributed by atoms with van der Waals surface area (Å²) in [6.45, 7) is 7.89. The molecule has 0 aromatic carbocycles. The number of allylic oxidation sites excluding steroid dienone is 5. The van der Waals surface area contributed by atoms with Gasteiger partial charge in [-0.25, -0.2) is 0 Å². The van der Waals surface area contributed by atoms with Gasteiger partial charge in [0.2, 0.25) is 5.91 Å². The topological polar surface area (TPSA) is 33.2 Å². The highest BCUT2D eigenvalue weighted by Crippen LogP contribution is 2.64. The van der Waals surface area contributed by atoms with Crippen molar-refractivity contribution < 1.29 is 4.79 Å². The number of aryl methyl sites for hydroxylation is 1. The lowest BCUT2D eigenvalue weighted by Gasteiger charge is -2.55. The van der Waals surface area contributed by atoms with E-state index in [4.69, 9.17) is 0 Å². The van der Waals surface area contributed by atoms with E-state index < -0.39 is 0 Å². The number of hydrogen-bond acceptors (Lipinski definition) is 2. The Balaban J connectivity index is 1.49. The summed E-state index contributed by atoms with van der Waals surface area (Å²) in [7, 11) is 1.95. The fourth-order valence-corrected chi connectivity index (χ4v) is 6.79. The van der Waals surface area contributed by atoms with Crippen molar-refractivity contribution in [3.8, 4) is 0 Å². The monoisotopic (exact) mass is 388 g/mol. The summed E-state index contributed by atoms with van der Waals surface area (Å²) in [5, 5.41) is 0. The first kappa shape index (κ1) is 18.8. The summed E-state index contributed by atoms with van der Waals surface area (Å²) in [5.74, 6) is 1.46. The van der Waals surface area contributed by atoms with E-state index in [9.17, 15) is 4.79 Å².